The number of ether oxygens (including phenoxy) is 4. The Hall–Kier alpha value is -8.68. The van der Waals surface area contributed by atoms with E-state index in [0.717, 1.165) is 114 Å². The largest absolute Gasteiger partial charge is 0.453 e. The van der Waals surface area contributed by atoms with Gasteiger partial charge in [-0.15, -0.1) is 0 Å². The van der Waals surface area contributed by atoms with Crippen LogP contribution in [0.1, 0.15) is 85.3 Å². The Morgan fingerprint density at radius 2 is 0.914 bits per heavy atom. The summed E-state index contributed by atoms with van der Waals surface area (Å²) in [7, 11) is 0. The van der Waals surface area contributed by atoms with Crippen LogP contribution in [0, 0.1) is 0 Å². The Bertz CT molecular complexity index is 4050. The summed E-state index contributed by atoms with van der Waals surface area (Å²) in [5.41, 5.74) is 23.2. The maximum atomic E-state index is 6.86. The number of nitrogens with zero attached hydrogens (tertiary/aromatic N) is 2. The lowest BCUT2D eigenvalue weighted by Crippen LogP contribution is -2.26. The van der Waals surface area contributed by atoms with Crippen molar-refractivity contribution in [1.29, 1.82) is 0 Å². The van der Waals surface area contributed by atoms with Gasteiger partial charge in [-0.05, 0) is 196 Å². The predicted octanol–water partition coefficient (Wildman–Crippen LogP) is 19.8. The minimum absolute atomic E-state index is 0.513. The van der Waals surface area contributed by atoms with Crippen LogP contribution >= 0.6 is 0 Å². The number of hydrogen-bond donors (Lipinski definition) is 0. The molecule has 398 valence electrons. The quantitative estimate of drug-likeness (QED) is 0.0669. The zero-order valence-electron chi connectivity index (χ0n) is 45.9. The van der Waals surface area contributed by atoms with E-state index in [9.17, 15) is 0 Å². The summed E-state index contributed by atoms with van der Waals surface area (Å²) >= 11 is 0. The number of benzene rings is 10. The lowest BCUT2D eigenvalue weighted by Gasteiger charge is -2.35. The third kappa shape index (κ3) is 8.71. The molecule has 2 unspecified atom stereocenters. The summed E-state index contributed by atoms with van der Waals surface area (Å²) in [6.45, 7) is 4.63. The molecule has 1 saturated heterocycles. The van der Waals surface area contributed by atoms with Gasteiger partial charge in [0.1, 0.15) is 0 Å². The lowest BCUT2D eigenvalue weighted by atomic mass is 9.70. The Kier molecular flexibility index (Phi) is 12.7. The standard InChI is InChI=1S/C75H64N2O4/c1-2-78-42-16-4-6-20-51-22-18-24-53(44-51)54-34-40-69-73(45-54)80-71-32-14-12-30-67(71)76(69)56-37-39-65-62(47-56)60-27-9-11-29-64(60)75(65)63-28-10-8-26-59(63)61-38-36-57(48-66(61)75)77-68-31-13-15-33-72(68)81-74-46-55(35-41-70(74)77)52-23-17-21-50(43-52)19-5-3-7-25-58-49-79-58/h8-15,17-18,21-24,26-41,43-48,58H,2-7,16,19-20,25,42,49H2,1H3. The van der Waals surface area contributed by atoms with E-state index >= 15 is 0 Å². The molecule has 0 radical (unpaired) electrons. The molecule has 6 heteroatoms. The van der Waals surface area contributed by atoms with Crippen molar-refractivity contribution in [3.8, 4) is 67.5 Å². The summed E-state index contributed by atoms with van der Waals surface area (Å²) < 4.78 is 24.7. The third-order valence-electron chi connectivity index (χ3n) is 17.5. The highest BCUT2D eigenvalue weighted by Gasteiger charge is 2.52. The van der Waals surface area contributed by atoms with Gasteiger partial charge in [0.15, 0.2) is 23.0 Å². The average Bonchev–Trinajstić information content (AvgIpc) is 4.11. The molecule has 3 aliphatic heterocycles. The number of hydrogen-bond acceptors (Lipinski definition) is 6. The summed E-state index contributed by atoms with van der Waals surface area (Å²) in [5.74, 6) is 3.35. The van der Waals surface area contributed by atoms with Crippen molar-refractivity contribution in [1.82, 2.24) is 0 Å². The molecule has 0 N–H and O–H groups in total. The van der Waals surface area contributed by atoms with Crippen LogP contribution in [0.15, 0.2) is 218 Å². The summed E-state index contributed by atoms with van der Waals surface area (Å²) in [5, 5.41) is 0. The second-order valence-electron chi connectivity index (χ2n) is 22.4. The highest BCUT2D eigenvalue weighted by molar-refractivity contribution is 5.99. The summed E-state index contributed by atoms with van der Waals surface area (Å²) in [6, 6.07) is 81.0. The fraction of sp³-hybridized carbons (Fsp3) is 0.200. The first-order valence-corrected chi connectivity index (χ1v) is 29.4. The highest BCUT2D eigenvalue weighted by Crippen LogP contribution is 2.65. The van der Waals surface area contributed by atoms with Gasteiger partial charge in [0.05, 0.1) is 40.9 Å². The number of anilines is 6. The number of aryl methyl sites for hydroxylation is 2. The Morgan fingerprint density at radius 1 is 0.407 bits per heavy atom. The zero-order valence-corrected chi connectivity index (χ0v) is 45.9. The molecule has 81 heavy (non-hydrogen) atoms. The first-order chi connectivity index (χ1) is 40.1. The predicted molar refractivity (Wildman–Crippen MR) is 329 cm³/mol. The molecule has 6 nitrogen and oxygen atoms in total. The van der Waals surface area contributed by atoms with Gasteiger partial charge in [-0.3, -0.25) is 0 Å². The molecule has 1 spiro atoms. The Labute approximate surface area is 475 Å². The van der Waals surface area contributed by atoms with Crippen LogP contribution in [-0.4, -0.2) is 25.9 Å². The van der Waals surface area contributed by atoms with Crippen molar-refractivity contribution >= 4 is 34.1 Å². The Morgan fingerprint density at radius 3 is 1.53 bits per heavy atom. The van der Waals surface area contributed by atoms with Crippen molar-refractivity contribution in [2.75, 3.05) is 29.6 Å². The first kappa shape index (κ1) is 49.4. The molecule has 2 atom stereocenters. The molecule has 10 aromatic carbocycles. The first-order valence-electron chi connectivity index (χ1n) is 29.4. The number of fused-ring (bicyclic) bond motifs is 14. The van der Waals surface area contributed by atoms with E-state index < -0.39 is 5.41 Å². The monoisotopic (exact) mass is 1060 g/mol. The van der Waals surface area contributed by atoms with Gasteiger partial charge in [-0.25, -0.2) is 0 Å². The van der Waals surface area contributed by atoms with E-state index in [1.165, 1.54) is 98.9 Å². The minimum atomic E-state index is -0.574. The smallest absolute Gasteiger partial charge is 0.152 e. The van der Waals surface area contributed by atoms with E-state index in [2.05, 4.69) is 235 Å². The molecule has 0 amide bonds. The maximum absolute atomic E-state index is 6.86. The fourth-order valence-corrected chi connectivity index (χ4v) is 13.6. The third-order valence-corrected chi connectivity index (χ3v) is 17.5. The van der Waals surface area contributed by atoms with Crippen LogP contribution in [0.3, 0.4) is 0 Å². The van der Waals surface area contributed by atoms with E-state index in [1.54, 1.807) is 0 Å². The van der Waals surface area contributed by atoms with Gasteiger partial charge in [0.2, 0.25) is 0 Å². The van der Waals surface area contributed by atoms with Crippen molar-refractivity contribution < 1.29 is 18.9 Å². The normalized spacial score (nSPS) is 16.3. The van der Waals surface area contributed by atoms with Crippen molar-refractivity contribution in [2.24, 2.45) is 0 Å². The lowest BCUT2D eigenvalue weighted by molar-refractivity contribution is 0.143. The number of para-hydroxylation sites is 4. The highest BCUT2D eigenvalue weighted by atomic mass is 16.6. The Balaban J connectivity index is 0.800. The molecule has 1 fully saturated rings. The second kappa shape index (κ2) is 20.8. The van der Waals surface area contributed by atoms with Crippen LogP contribution in [0.5, 0.6) is 23.0 Å². The zero-order chi connectivity index (χ0) is 53.9. The van der Waals surface area contributed by atoms with E-state index in [-0.39, 0.29) is 0 Å². The van der Waals surface area contributed by atoms with Gasteiger partial charge in [0.25, 0.3) is 0 Å². The van der Waals surface area contributed by atoms with Crippen LogP contribution in [0.25, 0.3) is 44.5 Å². The van der Waals surface area contributed by atoms with Crippen LogP contribution in [-0.2, 0) is 27.7 Å². The molecule has 3 heterocycles. The average molecular weight is 1060 g/mol. The van der Waals surface area contributed by atoms with E-state index in [0.29, 0.717) is 6.10 Å². The van der Waals surface area contributed by atoms with Crippen molar-refractivity contribution in [3.05, 3.63) is 252 Å². The van der Waals surface area contributed by atoms with Crippen LogP contribution < -0.4 is 19.3 Å². The second-order valence-corrected chi connectivity index (χ2v) is 22.4. The topological polar surface area (TPSA) is 46.7 Å². The SMILES string of the molecule is CCOCCCCCc1cccc(-c2ccc3c(c2)Oc2ccccc2N3c2ccc3c(c2)-c2ccccc2C32c3ccccc3-c3ccc(N4c5ccccc5Oc5cc(-c6cccc(CCCCCC7CO7)c6)ccc54)cc32)c1. The molecule has 2 aliphatic carbocycles. The number of epoxide rings is 1. The summed E-state index contributed by atoms with van der Waals surface area (Å²) in [4.78, 5) is 4.80. The molecule has 0 bridgehead atoms. The molecular weight excluding hydrogens is 993 g/mol. The molecule has 10 aromatic rings. The van der Waals surface area contributed by atoms with Crippen LogP contribution in [0.4, 0.5) is 34.1 Å². The summed E-state index contributed by atoms with van der Waals surface area (Å²) in [6.07, 6.45) is 10.9. The maximum Gasteiger partial charge on any atom is 0.152 e. The van der Waals surface area contributed by atoms with Crippen LogP contribution in [0.2, 0.25) is 0 Å². The van der Waals surface area contributed by atoms with E-state index in [1.807, 2.05) is 0 Å². The van der Waals surface area contributed by atoms with Gasteiger partial charge in [-0.1, -0.05) is 165 Å². The van der Waals surface area contributed by atoms with Gasteiger partial charge < -0.3 is 28.7 Å². The molecule has 0 aromatic heterocycles. The van der Waals surface area contributed by atoms with Gasteiger partial charge in [0, 0.05) is 24.6 Å². The van der Waals surface area contributed by atoms with Gasteiger partial charge in [-0.2, -0.15) is 0 Å². The molecule has 0 saturated carbocycles. The molecular formula is C75H64N2O4. The number of unbranched alkanes of at least 4 members (excludes halogenated alkanes) is 4. The molecule has 15 rings (SSSR count). The molecule has 5 aliphatic rings. The minimum Gasteiger partial charge on any atom is -0.453 e. The van der Waals surface area contributed by atoms with E-state index in [4.69, 9.17) is 18.9 Å². The van der Waals surface area contributed by atoms with Gasteiger partial charge >= 0.3 is 0 Å². The van der Waals surface area contributed by atoms with Crippen molar-refractivity contribution in [2.45, 2.75) is 76.2 Å². The fourth-order valence-electron chi connectivity index (χ4n) is 13.6. The number of rotatable bonds is 17. The van der Waals surface area contributed by atoms with Crippen molar-refractivity contribution in [3.63, 3.8) is 0 Å².